The van der Waals surface area contributed by atoms with Gasteiger partial charge in [-0.3, -0.25) is 59.8 Å². The van der Waals surface area contributed by atoms with Gasteiger partial charge in [-0.1, -0.05) is 0 Å². The van der Waals surface area contributed by atoms with Gasteiger partial charge in [-0.15, -0.1) is 0 Å². The minimum absolute atomic E-state index is 0. The molecule has 0 unspecified atom stereocenters. The maximum Gasteiger partial charge on any atom is 2.00 e. The predicted octanol–water partition coefficient (Wildman–Crippen LogP) is 23.5. The molecule has 0 saturated heterocycles. The number of fused-ring (bicyclic) bond motifs is 24. The van der Waals surface area contributed by atoms with Gasteiger partial charge in [-0.05, 0) is 352 Å². The van der Waals surface area contributed by atoms with E-state index in [9.17, 15) is 0 Å². The number of aryl methyl sites for hydroxylation is 24. The maximum absolute atomic E-state index is 5.14. The Bertz CT molecular complexity index is 6070. The van der Waals surface area contributed by atoms with Crippen LogP contribution in [0.15, 0.2) is 122 Å². The van der Waals surface area contributed by atoms with Gasteiger partial charge in [0, 0.05) is 135 Å². The van der Waals surface area contributed by atoms with Crippen LogP contribution in [0.2, 0.25) is 0 Å². The summed E-state index contributed by atoms with van der Waals surface area (Å²) in [6.07, 6.45) is 7.15. The molecule has 0 aliphatic heterocycles. The van der Waals surface area contributed by atoms with Crippen molar-refractivity contribution in [3.63, 3.8) is 0 Å². The number of hydrogen-bond donors (Lipinski definition) is 0. The van der Waals surface area contributed by atoms with E-state index in [2.05, 4.69) is 235 Å². The van der Waals surface area contributed by atoms with Crippen molar-refractivity contribution in [2.24, 2.45) is 0 Å². The van der Waals surface area contributed by atoms with Crippen LogP contribution in [0.25, 0.3) is 153 Å². The van der Waals surface area contributed by atoms with Gasteiger partial charge in [0.2, 0.25) is 0 Å². The summed E-state index contributed by atoms with van der Waals surface area (Å²) in [4.78, 5) is 67.2. The summed E-state index contributed by atoms with van der Waals surface area (Å²) in [7, 11) is 0. The quantitative estimate of drug-likeness (QED) is 0.0794. The zero-order chi connectivity index (χ0) is 78.1. The number of nitrogens with zero attached hydrogens (tertiary/aromatic N) is 14. The largest absolute Gasteiger partial charge is 2.00 e. The van der Waals surface area contributed by atoms with E-state index in [0.29, 0.717) is 0 Å². The molecule has 0 fully saturated rings. The topological polar surface area (TPSA) is 180 Å². The monoisotopic (exact) mass is 1640 g/mol. The summed E-state index contributed by atoms with van der Waals surface area (Å²) in [5, 5.41) is 13.6. The SMILES string of the molecule is Cc1cc2c(C)c(C)c3cc(C)c(C)nc3c2nc1C.Cc1cc2c(C)c(C)c3cc(C)c(C)nc3c2nc1C.Cc1cc2c(C)c(C)c3cc(C)c(C)nc3c2nc1C.Cc1cc2c(C)c(C)c3cc(C)c(C)nc3c2nc1C.[Ru+2].[Ru+2].c1cnc2c(c1)c1nc3c4cccnc4c4ncccc4c3nc1c1cccnc12. The van der Waals surface area contributed by atoms with Crippen molar-refractivity contribution in [2.75, 3.05) is 0 Å². The zero-order valence-corrected chi connectivity index (χ0v) is 72.0. The molecule has 0 bridgehead atoms. The molecule has 112 heavy (non-hydrogen) atoms. The molecule has 13 aromatic heterocycles. The molecule has 0 radical (unpaired) electrons. The van der Waals surface area contributed by atoms with E-state index in [1.54, 1.807) is 24.8 Å². The van der Waals surface area contributed by atoms with Crippen LogP contribution >= 0.6 is 0 Å². The molecule has 19 rings (SSSR count). The number of pyridine rings is 12. The van der Waals surface area contributed by atoms with Gasteiger partial charge in [0.25, 0.3) is 0 Å². The smallest absolute Gasteiger partial charge is 0.254 e. The molecule has 0 aliphatic rings. The summed E-state index contributed by atoms with van der Waals surface area (Å²) < 4.78 is 0. The molecular weight excluding hydrogens is 1550 g/mol. The second-order valence-corrected chi connectivity index (χ2v) is 30.5. The van der Waals surface area contributed by atoms with Crippen LogP contribution in [0.1, 0.15) is 135 Å². The summed E-state index contributed by atoms with van der Waals surface area (Å²) >= 11 is 0. The molecule has 13 heterocycles. The first-order valence-electron chi connectivity index (χ1n) is 37.8. The Hall–Kier alpha value is -10.9. The van der Waals surface area contributed by atoms with Crippen LogP contribution in [-0.4, -0.2) is 69.8 Å². The predicted molar refractivity (Wildman–Crippen MR) is 460 cm³/mol. The second kappa shape index (κ2) is 30.6. The van der Waals surface area contributed by atoms with Crippen molar-refractivity contribution >= 4 is 153 Å². The van der Waals surface area contributed by atoms with Gasteiger partial charge in [-0.25, -0.2) is 9.97 Å². The van der Waals surface area contributed by atoms with Gasteiger partial charge >= 0.3 is 39.0 Å². The van der Waals surface area contributed by atoms with Crippen LogP contribution in [0.5, 0.6) is 0 Å². The average molecular weight is 1640 g/mol. The van der Waals surface area contributed by atoms with Gasteiger partial charge in [-0.2, -0.15) is 0 Å². The molecule has 6 aromatic carbocycles. The van der Waals surface area contributed by atoms with Crippen molar-refractivity contribution < 1.29 is 39.0 Å². The minimum atomic E-state index is 0. The number of benzene rings is 6. The Morgan fingerprint density at radius 3 is 0.411 bits per heavy atom. The third kappa shape index (κ3) is 13.6. The fraction of sp³-hybridized carbons (Fsp3) is 0.250. The Kier molecular flexibility index (Phi) is 21.7. The molecule has 16 heteroatoms. The van der Waals surface area contributed by atoms with E-state index in [1.807, 2.05) is 48.5 Å². The molecule has 0 N–H and O–H groups in total. The summed E-state index contributed by atoms with van der Waals surface area (Å²) in [6.45, 7) is 51.0. The van der Waals surface area contributed by atoms with E-state index < -0.39 is 0 Å². The van der Waals surface area contributed by atoms with E-state index in [0.717, 1.165) is 155 Å². The third-order valence-corrected chi connectivity index (χ3v) is 23.7. The molecule has 0 spiro atoms. The first-order valence-corrected chi connectivity index (χ1v) is 37.8. The number of aromatic nitrogens is 14. The number of rotatable bonds is 0. The molecule has 19 aromatic rings. The number of hydrogen-bond acceptors (Lipinski definition) is 14. The Labute approximate surface area is 679 Å². The first-order chi connectivity index (χ1) is 52.5. The van der Waals surface area contributed by atoms with Crippen LogP contribution in [0, 0.1) is 166 Å². The van der Waals surface area contributed by atoms with E-state index in [4.69, 9.17) is 49.8 Å². The molecule has 0 aliphatic carbocycles. The van der Waals surface area contributed by atoms with Crippen molar-refractivity contribution in [3.05, 3.63) is 256 Å². The van der Waals surface area contributed by atoms with Crippen molar-refractivity contribution in [1.29, 1.82) is 0 Å². The molecule has 558 valence electrons. The zero-order valence-electron chi connectivity index (χ0n) is 68.5. The summed E-state index contributed by atoms with van der Waals surface area (Å²) in [5.41, 5.74) is 44.0. The summed E-state index contributed by atoms with van der Waals surface area (Å²) in [5.74, 6) is 0. The normalized spacial score (nSPS) is 11.4. The van der Waals surface area contributed by atoms with Crippen molar-refractivity contribution in [1.82, 2.24) is 69.8 Å². The summed E-state index contributed by atoms with van der Waals surface area (Å²) in [6, 6.07) is 33.8. The van der Waals surface area contributed by atoms with Crippen LogP contribution < -0.4 is 0 Å². The van der Waals surface area contributed by atoms with Crippen molar-refractivity contribution in [2.45, 2.75) is 166 Å². The van der Waals surface area contributed by atoms with Crippen molar-refractivity contribution in [3.8, 4) is 0 Å². The first kappa shape index (κ1) is 79.2. The second-order valence-electron chi connectivity index (χ2n) is 30.5. The Balaban J connectivity index is 0.000000124. The average Bonchev–Trinajstić information content (AvgIpc) is 0.717. The van der Waals surface area contributed by atoms with Gasteiger partial charge in [0.15, 0.2) is 0 Å². The molecule has 0 atom stereocenters. The standard InChI is InChI=1S/C24H12N6.4C18H20N2.2Ru/c1-5-13-17(25-9-1)18-14(6-2-10-26-18)22-21(13)29-23-15-7-3-11-27-19(15)20-16(24(23)30-22)8-4-12-28-20;4*1-9-7-15-11(3)12(4)16-8-10(2)14(6)20-18(16)17(15)19-13(9)5;;/h1-12H;4*7-8H,1-6H3;;/q;;;;;2*+2. The third-order valence-electron chi connectivity index (χ3n) is 23.7. The van der Waals surface area contributed by atoms with Crippen LogP contribution in [-0.2, 0) is 39.0 Å². The molecule has 14 nitrogen and oxygen atoms in total. The van der Waals surface area contributed by atoms with Gasteiger partial charge in [0.1, 0.15) is 0 Å². The van der Waals surface area contributed by atoms with E-state index in [1.165, 1.54) is 132 Å². The Morgan fingerprint density at radius 1 is 0.152 bits per heavy atom. The fourth-order valence-corrected chi connectivity index (χ4v) is 15.3. The maximum atomic E-state index is 5.14. The van der Waals surface area contributed by atoms with Gasteiger partial charge in [0.05, 0.1) is 88.3 Å². The Morgan fingerprint density at radius 2 is 0.277 bits per heavy atom. The molecular formula is C96H92N14Ru2+4. The van der Waals surface area contributed by atoms with Gasteiger partial charge < -0.3 is 0 Å². The minimum Gasteiger partial charge on any atom is -0.254 e. The molecule has 0 saturated carbocycles. The van der Waals surface area contributed by atoms with Crippen LogP contribution in [0.4, 0.5) is 0 Å². The van der Waals surface area contributed by atoms with E-state index in [-0.39, 0.29) is 39.0 Å². The fourth-order valence-electron chi connectivity index (χ4n) is 15.3. The van der Waals surface area contributed by atoms with Crippen LogP contribution in [0.3, 0.4) is 0 Å². The molecule has 0 amide bonds. The van der Waals surface area contributed by atoms with E-state index >= 15 is 0 Å².